The van der Waals surface area contributed by atoms with Gasteiger partial charge in [0.1, 0.15) is 5.65 Å². The zero-order valence-corrected chi connectivity index (χ0v) is 20.5. The number of carbonyl (C=O) groups is 1. The van der Waals surface area contributed by atoms with Gasteiger partial charge < -0.3 is 10.2 Å². The molecule has 0 atom stereocenters. The summed E-state index contributed by atoms with van der Waals surface area (Å²) in [6.45, 7) is 9.92. The van der Waals surface area contributed by atoms with Crippen molar-refractivity contribution in [2.24, 2.45) is 0 Å². The molecule has 0 bridgehead atoms. The summed E-state index contributed by atoms with van der Waals surface area (Å²) >= 11 is 0. The highest BCUT2D eigenvalue weighted by Gasteiger charge is 2.21. The monoisotopic (exact) mass is 469 g/mol. The van der Waals surface area contributed by atoms with Crippen LogP contribution in [0.3, 0.4) is 0 Å². The maximum atomic E-state index is 13.1. The molecule has 8 heteroatoms. The van der Waals surface area contributed by atoms with Crippen molar-refractivity contribution in [1.29, 1.82) is 0 Å². The predicted octanol–water partition coefficient (Wildman–Crippen LogP) is 4.40. The van der Waals surface area contributed by atoms with Crippen LogP contribution in [0.15, 0.2) is 60.9 Å². The zero-order chi connectivity index (χ0) is 24.4. The SMILES string of the molecule is Cc1nc2ccccn2c1-c1ccnc(Nc2ccc(C(=O)N3CCCN(C(C)C)CC3)cc2)n1. The van der Waals surface area contributed by atoms with Crippen LogP contribution in [0.4, 0.5) is 11.6 Å². The summed E-state index contributed by atoms with van der Waals surface area (Å²) < 4.78 is 2.03. The molecule has 1 aromatic carbocycles. The molecule has 0 aliphatic carbocycles. The van der Waals surface area contributed by atoms with Crippen molar-refractivity contribution in [3.8, 4) is 11.4 Å². The second kappa shape index (κ2) is 9.84. The second-order valence-corrected chi connectivity index (χ2v) is 9.22. The molecule has 1 fully saturated rings. The van der Waals surface area contributed by atoms with Gasteiger partial charge in [-0.05, 0) is 69.7 Å². The third-order valence-corrected chi connectivity index (χ3v) is 6.54. The van der Waals surface area contributed by atoms with Crippen molar-refractivity contribution >= 4 is 23.2 Å². The van der Waals surface area contributed by atoms with Gasteiger partial charge in [-0.25, -0.2) is 15.0 Å². The number of aromatic nitrogens is 4. The number of rotatable bonds is 5. The van der Waals surface area contributed by atoms with Crippen LogP contribution in [0.1, 0.15) is 36.3 Å². The van der Waals surface area contributed by atoms with Crippen LogP contribution in [0.5, 0.6) is 0 Å². The number of hydrogen-bond acceptors (Lipinski definition) is 6. The van der Waals surface area contributed by atoms with Gasteiger partial charge in [0, 0.05) is 55.9 Å². The molecule has 0 unspecified atom stereocenters. The van der Waals surface area contributed by atoms with Gasteiger partial charge in [0.15, 0.2) is 0 Å². The first kappa shape index (κ1) is 23.0. The Kier molecular flexibility index (Phi) is 6.46. The minimum Gasteiger partial charge on any atom is -0.337 e. The molecule has 5 rings (SSSR count). The fraction of sp³-hybridized carbons (Fsp3) is 0.333. The molecule has 8 nitrogen and oxygen atoms in total. The highest BCUT2D eigenvalue weighted by molar-refractivity contribution is 5.94. The van der Waals surface area contributed by atoms with E-state index in [2.05, 4.69) is 34.0 Å². The van der Waals surface area contributed by atoms with E-state index in [1.54, 1.807) is 6.20 Å². The molecule has 1 saturated heterocycles. The molecule has 4 heterocycles. The summed E-state index contributed by atoms with van der Waals surface area (Å²) in [4.78, 5) is 31.2. The first-order valence-corrected chi connectivity index (χ1v) is 12.2. The average Bonchev–Trinajstić information content (AvgIpc) is 3.02. The quantitative estimate of drug-likeness (QED) is 0.467. The number of nitrogens with zero attached hydrogens (tertiary/aromatic N) is 6. The predicted molar refractivity (Wildman–Crippen MR) is 138 cm³/mol. The van der Waals surface area contributed by atoms with E-state index in [9.17, 15) is 4.79 Å². The first-order chi connectivity index (χ1) is 17.0. The summed E-state index contributed by atoms with van der Waals surface area (Å²) in [6.07, 6.45) is 4.73. The van der Waals surface area contributed by atoms with E-state index >= 15 is 0 Å². The summed E-state index contributed by atoms with van der Waals surface area (Å²) in [5, 5.41) is 3.26. The van der Waals surface area contributed by atoms with Gasteiger partial charge in [0.05, 0.1) is 17.1 Å². The van der Waals surface area contributed by atoms with Crippen molar-refractivity contribution in [2.75, 3.05) is 31.5 Å². The lowest BCUT2D eigenvalue weighted by Gasteiger charge is -2.25. The van der Waals surface area contributed by atoms with E-state index in [1.807, 2.05) is 71.0 Å². The number of hydrogen-bond donors (Lipinski definition) is 1. The molecular formula is C27H31N7O. The van der Waals surface area contributed by atoms with Crippen LogP contribution in [-0.4, -0.2) is 67.3 Å². The fourth-order valence-electron chi connectivity index (χ4n) is 4.64. The van der Waals surface area contributed by atoms with Crippen molar-refractivity contribution in [3.05, 3.63) is 72.2 Å². The largest absolute Gasteiger partial charge is 0.337 e. The normalized spacial score (nSPS) is 14.9. The number of aryl methyl sites for hydroxylation is 1. The molecular weight excluding hydrogens is 438 g/mol. The molecule has 1 aliphatic heterocycles. The molecule has 35 heavy (non-hydrogen) atoms. The van der Waals surface area contributed by atoms with Crippen LogP contribution in [0.25, 0.3) is 17.0 Å². The fourth-order valence-corrected chi connectivity index (χ4v) is 4.64. The molecule has 0 saturated carbocycles. The number of imidazole rings is 1. The number of amides is 1. The van der Waals surface area contributed by atoms with Gasteiger partial charge in [-0.15, -0.1) is 0 Å². The Morgan fingerprint density at radius 3 is 2.60 bits per heavy atom. The third kappa shape index (κ3) is 4.88. The third-order valence-electron chi connectivity index (χ3n) is 6.54. The van der Waals surface area contributed by atoms with Gasteiger partial charge in [0.25, 0.3) is 5.91 Å². The van der Waals surface area contributed by atoms with E-state index in [-0.39, 0.29) is 5.91 Å². The Bertz CT molecular complexity index is 1330. The van der Waals surface area contributed by atoms with Gasteiger partial charge in [0.2, 0.25) is 5.95 Å². The molecule has 0 radical (unpaired) electrons. The van der Waals surface area contributed by atoms with Gasteiger partial charge in [-0.2, -0.15) is 0 Å². The summed E-state index contributed by atoms with van der Waals surface area (Å²) in [5.41, 5.74) is 5.06. The first-order valence-electron chi connectivity index (χ1n) is 12.2. The Morgan fingerprint density at radius 2 is 1.80 bits per heavy atom. The molecule has 1 N–H and O–H groups in total. The number of benzene rings is 1. The summed E-state index contributed by atoms with van der Waals surface area (Å²) in [6, 6.07) is 15.9. The van der Waals surface area contributed by atoms with E-state index in [4.69, 9.17) is 4.98 Å². The van der Waals surface area contributed by atoms with Gasteiger partial charge >= 0.3 is 0 Å². The minimum atomic E-state index is 0.0866. The van der Waals surface area contributed by atoms with E-state index in [0.717, 1.165) is 61.0 Å². The minimum absolute atomic E-state index is 0.0866. The Labute approximate surface area is 205 Å². The van der Waals surface area contributed by atoms with E-state index in [1.165, 1.54) is 0 Å². The highest BCUT2D eigenvalue weighted by atomic mass is 16.2. The molecule has 0 spiro atoms. The maximum Gasteiger partial charge on any atom is 0.253 e. The lowest BCUT2D eigenvalue weighted by Crippen LogP contribution is -2.37. The summed E-state index contributed by atoms with van der Waals surface area (Å²) in [7, 11) is 0. The van der Waals surface area contributed by atoms with Crippen molar-refractivity contribution in [2.45, 2.75) is 33.2 Å². The van der Waals surface area contributed by atoms with Gasteiger partial charge in [-0.3, -0.25) is 14.1 Å². The smallest absolute Gasteiger partial charge is 0.253 e. The van der Waals surface area contributed by atoms with Crippen LogP contribution in [0, 0.1) is 6.92 Å². The van der Waals surface area contributed by atoms with Crippen LogP contribution in [0.2, 0.25) is 0 Å². The van der Waals surface area contributed by atoms with E-state index in [0.29, 0.717) is 17.6 Å². The Balaban J connectivity index is 1.30. The lowest BCUT2D eigenvalue weighted by molar-refractivity contribution is 0.0759. The van der Waals surface area contributed by atoms with Crippen LogP contribution >= 0.6 is 0 Å². The number of carbonyl (C=O) groups excluding carboxylic acids is 1. The van der Waals surface area contributed by atoms with Gasteiger partial charge in [-0.1, -0.05) is 6.07 Å². The topological polar surface area (TPSA) is 78.7 Å². The second-order valence-electron chi connectivity index (χ2n) is 9.22. The summed E-state index contributed by atoms with van der Waals surface area (Å²) in [5.74, 6) is 0.580. The maximum absolute atomic E-state index is 13.1. The van der Waals surface area contributed by atoms with Crippen LogP contribution in [-0.2, 0) is 0 Å². The molecule has 4 aromatic rings. The Hall–Kier alpha value is -3.78. The van der Waals surface area contributed by atoms with E-state index < -0.39 is 0 Å². The standard InChI is InChI=1S/C27H31N7O/c1-19(2)32-14-6-15-33(18-17-32)26(35)21-8-10-22(11-9-21)30-27-28-13-12-23(31-27)25-20(3)29-24-7-4-5-16-34(24)25/h4-5,7-13,16,19H,6,14-15,17-18H2,1-3H3,(H,28,30,31). The molecule has 180 valence electrons. The highest BCUT2D eigenvalue weighted by Crippen LogP contribution is 2.24. The number of fused-ring (bicyclic) bond motifs is 1. The van der Waals surface area contributed by atoms with Crippen LogP contribution < -0.4 is 5.32 Å². The van der Waals surface area contributed by atoms with Crippen molar-refractivity contribution in [1.82, 2.24) is 29.2 Å². The number of nitrogens with one attached hydrogen (secondary N) is 1. The molecule has 1 aliphatic rings. The average molecular weight is 470 g/mol. The number of anilines is 2. The molecule has 1 amide bonds. The lowest BCUT2D eigenvalue weighted by atomic mass is 10.1. The zero-order valence-electron chi connectivity index (χ0n) is 20.5. The molecule has 3 aromatic heterocycles. The van der Waals surface area contributed by atoms with Crippen molar-refractivity contribution < 1.29 is 4.79 Å². The number of pyridine rings is 1. The van der Waals surface area contributed by atoms with Crippen molar-refractivity contribution in [3.63, 3.8) is 0 Å². The Morgan fingerprint density at radius 1 is 0.971 bits per heavy atom.